The molecule has 2 N–H and O–H groups in total. The third-order valence-electron chi connectivity index (χ3n) is 2.79. The molecule has 0 saturated carbocycles. The Hall–Kier alpha value is -0.810. The first-order valence-electron chi connectivity index (χ1n) is 6.71. The summed E-state index contributed by atoms with van der Waals surface area (Å²) in [5.74, 6) is 0. The predicted molar refractivity (Wildman–Crippen MR) is 70.7 cm³/mol. The molecule has 0 spiro atoms. The second-order valence-electron chi connectivity index (χ2n) is 5.72. The Bertz CT molecular complexity index is 257. The Balaban J connectivity index is 2.23. The number of nitrogens with one attached hydrogen (secondary N) is 2. The summed E-state index contributed by atoms with van der Waals surface area (Å²) in [6.07, 6.45) is 1.65. The number of hydrogen-bond donors (Lipinski definition) is 2. The minimum Gasteiger partial charge on any atom is -0.444 e. The summed E-state index contributed by atoms with van der Waals surface area (Å²) >= 11 is 0. The van der Waals surface area contributed by atoms with Crippen LogP contribution in [-0.4, -0.2) is 43.5 Å². The van der Waals surface area contributed by atoms with Crippen molar-refractivity contribution in [3.63, 3.8) is 0 Å². The van der Waals surface area contributed by atoms with Crippen LogP contribution in [-0.2, 0) is 9.47 Å². The number of rotatable bonds is 5. The van der Waals surface area contributed by atoms with Gasteiger partial charge in [-0.1, -0.05) is 6.92 Å². The van der Waals surface area contributed by atoms with E-state index in [-0.39, 0.29) is 12.1 Å². The summed E-state index contributed by atoms with van der Waals surface area (Å²) in [7, 11) is 0. The molecule has 0 aromatic heterocycles. The van der Waals surface area contributed by atoms with E-state index in [1.165, 1.54) is 0 Å². The van der Waals surface area contributed by atoms with Crippen molar-refractivity contribution in [3.05, 3.63) is 0 Å². The van der Waals surface area contributed by atoms with Gasteiger partial charge in [-0.15, -0.1) is 0 Å². The van der Waals surface area contributed by atoms with Crippen molar-refractivity contribution in [2.75, 3.05) is 19.8 Å². The molecule has 5 nitrogen and oxygen atoms in total. The van der Waals surface area contributed by atoms with Crippen LogP contribution >= 0.6 is 0 Å². The van der Waals surface area contributed by atoms with Gasteiger partial charge in [0, 0.05) is 25.2 Å². The molecule has 1 aliphatic rings. The van der Waals surface area contributed by atoms with E-state index in [4.69, 9.17) is 9.47 Å². The number of ether oxygens (including phenoxy) is 2. The molecular formula is C13H26N2O3. The van der Waals surface area contributed by atoms with Crippen LogP contribution in [0, 0.1) is 0 Å². The molecule has 2 atom stereocenters. The van der Waals surface area contributed by atoms with Crippen LogP contribution in [0.1, 0.15) is 40.5 Å². The number of carbonyl (C=O) groups is 1. The lowest BCUT2D eigenvalue weighted by Crippen LogP contribution is -2.46. The lowest BCUT2D eigenvalue weighted by atomic mass is 10.1. The topological polar surface area (TPSA) is 59.6 Å². The molecule has 1 saturated heterocycles. The SMILES string of the molecule is CCC(CNC(=O)OC(C)(C)C)NC1CCOC1. The molecule has 0 aromatic carbocycles. The quantitative estimate of drug-likeness (QED) is 0.787. The minimum atomic E-state index is -0.446. The van der Waals surface area contributed by atoms with Gasteiger partial charge in [-0.3, -0.25) is 0 Å². The summed E-state index contributed by atoms with van der Waals surface area (Å²) in [4.78, 5) is 11.5. The molecule has 1 heterocycles. The lowest BCUT2D eigenvalue weighted by molar-refractivity contribution is 0.0521. The third-order valence-corrected chi connectivity index (χ3v) is 2.79. The maximum atomic E-state index is 11.5. The lowest BCUT2D eigenvalue weighted by Gasteiger charge is -2.23. The van der Waals surface area contributed by atoms with E-state index in [0.29, 0.717) is 12.6 Å². The van der Waals surface area contributed by atoms with Gasteiger partial charge in [0.15, 0.2) is 0 Å². The summed E-state index contributed by atoms with van der Waals surface area (Å²) in [6.45, 7) is 9.86. The zero-order valence-electron chi connectivity index (χ0n) is 11.9. The smallest absolute Gasteiger partial charge is 0.407 e. The van der Waals surface area contributed by atoms with Crippen molar-refractivity contribution in [2.24, 2.45) is 0 Å². The fourth-order valence-electron chi connectivity index (χ4n) is 1.84. The number of amides is 1. The standard InChI is InChI=1S/C13H26N2O3/c1-5-10(15-11-6-7-17-9-11)8-14-12(16)18-13(2,3)4/h10-11,15H,5-9H2,1-4H3,(H,14,16). The Morgan fingerprint density at radius 2 is 2.22 bits per heavy atom. The first-order chi connectivity index (χ1) is 8.40. The highest BCUT2D eigenvalue weighted by atomic mass is 16.6. The van der Waals surface area contributed by atoms with E-state index in [2.05, 4.69) is 17.6 Å². The van der Waals surface area contributed by atoms with Gasteiger partial charge >= 0.3 is 6.09 Å². The second-order valence-corrected chi connectivity index (χ2v) is 5.72. The monoisotopic (exact) mass is 258 g/mol. The summed E-state index contributed by atoms with van der Waals surface area (Å²) in [6, 6.07) is 0.680. The van der Waals surface area contributed by atoms with Gasteiger partial charge in [0.2, 0.25) is 0 Å². The van der Waals surface area contributed by atoms with Gasteiger partial charge in [-0.25, -0.2) is 4.79 Å². The molecule has 2 unspecified atom stereocenters. The first kappa shape index (κ1) is 15.2. The van der Waals surface area contributed by atoms with E-state index >= 15 is 0 Å². The Morgan fingerprint density at radius 3 is 2.72 bits per heavy atom. The van der Waals surface area contributed by atoms with E-state index in [1.807, 2.05) is 20.8 Å². The van der Waals surface area contributed by atoms with Gasteiger partial charge in [0.05, 0.1) is 6.61 Å². The van der Waals surface area contributed by atoms with Crippen molar-refractivity contribution in [2.45, 2.75) is 58.2 Å². The highest BCUT2D eigenvalue weighted by molar-refractivity contribution is 5.67. The van der Waals surface area contributed by atoms with Gasteiger partial charge in [0.25, 0.3) is 0 Å². The van der Waals surface area contributed by atoms with E-state index in [0.717, 1.165) is 26.1 Å². The third kappa shape index (κ3) is 6.21. The van der Waals surface area contributed by atoms with Gasteiger partial charge in [-0.2, -0.15) is 0 Å². The van der Waals surface area contributed by atoms with Crippen LogP contribution in [0.3, 0.4) is 0 Å². The highest BCUT2D eigenvalue weighted by Crippen LogP contribution is 2.07. The van der Waals surface area contributed by atoms with Crippen LogP contribution in [0.4, 0.5) is 4.79 Å². The van der Waals surface area contributed by atoms with E-state index in [1.54, 1.807) is 0 Å². The zero-order valence-corrected chi connectivity index (χ0v) is 11.9. The van der Waals surface area contributed by atoms with Crippen molar-refractivity contribution < 1.29 is 14.3 Å². The second kappa shape index (κ2) is 6.95. The summed E-state index contributed by atoms with van der Waals surface area (Å²) in [5, 5.41) is 6.29. The number of hydrogen-bond acceptors (Lipinski definition) is 4. The van der Waals surface area contributed by atoms with E-state index in [9.17, 15) is 4.79 Å². The van der Waals surface area contributed by atoms with Crippen LogP contribution in [0.15, 0.2) is 0 Å². The molecule has 0 bridgehead atoms. The molecule has 106 valence electrons. The van der Waals surface area contributed by atoms with Crippen LogP contribution in [0.5, 0.6) is 0 Å². The molecule has 0 radical (unpaired) electrons. The Labute approximate surface area is 110 Å². The van der Waals surface area contributed by atoms with Crippen LogP contribution < -0.4 is 10.6 Å². The molecule has 1 fully saturated rings. The van der Waals surface area contributed by atoms with Crippen LogP contribution in [0.2, 0.25) is 0 Å². The molecule has 1 amide bonds. The van der Waals surface area contributed by atoms with Crippen LogP contribution in [0.25, 0.3) is 0 Å². The zero-order chi connectivity index (χ0) is 13.6. The fourth-order valence-corrected chi connectivity index (χ4v) is 1.84. The van der Waals surface area contributed by atoms with Crippen molar-refractivity contribution in [1.82, 2.24) is 10.6 Å². The van der Waals surface area contributed by atoms with Gasteiger partial charge < -0.3 is 20.1 Å². The predicted octanol–water partition coefficient (Wildman–Crippen LogP) is 1.67. The molecule has 18 heavy (non-hydrogen) atoms. The Kier molecular flexibility index (Phi) is 5.88. The molecule has 1 aliphatic heterocycles. The first-order valence-corrected chi connectivity index (χ1v) is 6.71. The average molecular weight is 258 g/mol. The highest BCUT2D eigenvalue weighted by Gasteiger charge is 2.20. The van der Waals surface area contributed by atoms with E-state index < -0.39 is 5.60 Å². The Morgan fingerprint density at radius 1 is 1.50 bits per heavy atom. The van der Waals surface area contributed by atoms with Crippen molar-refractivity contribution >= 4 is 6.09 Å². The normalized spacial score (nSPS) is 21.7. The number of carbonyl (C=O) groups excluding carboxylic acids is 1. The maximum Gasteiger partial charge on any atom is 0.407 e. The summed E-state index contributed by atoms with van der Waals surface area (Å²) in [5.41, 5.74) is -0.446. The number of alkyl carbamates (subject to hydrolysis) is 1. The van der Waals surface area contributed by atoms with Gasteiger partial charge in [-0.05, 0) is 33.6 Å². The largest absolute Gasteiger partial charge is 0.444 e. The molecular weight excluding hydrogens is 232 g/mol. The van der Waals surface area contributed by atoms with Crippen molar-refractivity contribution in [3.8, 4) is 0 Å². The molecule has 0 aromatic rings. The summed E-state index contributed by atoms with van der Waals surface area (Å²) < 4.78 is 10.5. The molecule has 1 rings (SSSR count). The molecule has 5 heteroatoms. The van der Waals surface area contributed by atoms with Gasteiger partial charge in [0.1, 0.15) is 5.60 Å². The maximum absolute atomic E-state index is 11.5. The minimum absolute atomic E-state index is 0.268. The average Bonchev–Trinajstić information content (AvgIpc) is 2.74. The molecule has 0 aliphatic carbocycles. The fraction of sp³-hybridized carbons (Fsp3) is 0.923. The van der Waals surface area contributed by atoms with Crippen molar-refractivity contribution in [1.29, 1.82) is 0 Å².